The maximum absolute atomic E-state index is 8.62. The van der Waals surface area contributed by atoms with Gasteiger partial charge in [0.1, 0.15) is 0 Å². The summed E-state index contributed by atoms with van der Waals surface area (Å²) in [6, 6.07) is 0. The summed E-state index contributed by atoms with van der Waals surface area (Å²) in [6.45, 7) is 5.90. The van der Waals surface area contributed by atoms with Crippen LogP contribution < -0.4 is 0 Å². The lowest BCUT2D eigenvalue weighted by Gasteiger charge is -2.04. The van der Waals surface area contributed by atoms with Gasteiger partial charge in [-0.1, -0.05) is 19.9 Å². The van der Waals surface area contributed by atoms with Crippen LogP contribution in [0.15, 0.2) is 11.6 Å². The van der Waals surface area contributed by atoms with Gasteiger partial charge < -0.3 is 10.2 Å². The quantitative estimate of drug-likeness (QED) is 0.463. The predicted octanol–water partition coefficient (Wildman–Crippen LogP) is 1.29. The maximum Gasteiger partial charge on any atom is 0.173 e. The van der Waals surface area contributed by atoms with Gasteiger partial charge in [0.2, 0.25) is 0 Å². The Morgan fingerprint density at radius 1 is 1.40 bits per heavy atom. The molecule has 0 aromatic heterocycles. The van der Waals surface area contributed by atoms with Gasteiger partial charge in [-0.3, -0.25) is 0 Å². The van der Waals surface area contributed by atoms with Crippen molar-refractivity contribution in [2.45, 2.75) is 33.5 Å². The SMILES string of the molecule is C/C(=C\CC(C)C)C(O)O. The molecular weight excluding hydrogens is 128 g/mol. The predicted molar refractivity (Wildman–Crippen MR) is 41.4 cm³/mol. The highest BCUT2D eigenvalue weighted by Crippen LogP contribution is 2.05. The van der Waals surface area contributed by atoms with Crippen LogP contribution in [0.5, 0.6) is 0 Å². The average molecular weight is 144 g/mol. The first kappa shape index (κ1) is 9.66. The average Bonchev–Trinajstić information content (AvgIpc) is 1.82. The summed E-state index contributed by atoms with van der Waals surface area (Å²) in [7, 11) is 0. The van der Waals surface area contributed by atoms with Gasteiger partial charge in [-0.15, -0.1) is 0 Å². The third-order valence-corrected chi connectivity index (χ3v) is 1.32. The largest absolute Gasteiger partial charge is 0.365 e. The zero-order valence-electron chi connectivity index (χ0n) is 6.83. The van der Waals surface area contributed by atoms with Crippen molar-refractivity contribution in [3.05, 3.63) is 11.6 Å². The molecule has 0 spiro atoms. The Balaban J connectivity index is 3.69. The van der Waals surface area contributed by atoms with Gasteiger partial charge >= 0.3 is 0 Å². The summed E-state index contributed by atoms with van der Waals surface area (Å²) in [5.41, 5.74) is 0.633. The highest BCUT2D eigenvalue weighted by molar-refractivity contribution is 5.00. The third-order valence-electron chi connectivity index (χ3n) is 1.32. The van der Waals surface area contributed by atoms with E-state index in [9.17, 15) is 0 Å². The smallest absolute Gasteiger partial charge is 0.173 e. The molecule has 0 saturated heterocycles. The monoisotopic (exact) mass is 144 g/mol. The first-order valence-electron chi connectivity index (χ1n) is 3.56. The van der Waals surface area contributed by atoms with Crippen molar-refractivity contribution in [3.8, 4) is 0 Å². The van der Waals surface area contributed by atoms with Crippen molar-refractivity contribution in [2.24, 2.45) is 5.92 Å². The Hall–Kier alpha value is -0.340. The summed E-state index contributed by atoms with van der Waals surface area (Å²) in [4.78, 5) is 0. The first-order valence-corrected chi connectivity index (χ1v) is 3.56. The molecular formula is C8H16O2. The van der Waals surface area contributed by atoms with Crippen molar-refractivity contribution in [1.29, 1.82) is 0 Å². The van der Waals surface area contributed by atoms with Crippen LogP contribution in [0.4, 0.5) is 0 Å². The third kappa shape index (κ3) is 4.53. The Morgan fingerprint density at radius 2 is 1.90 bits per heavy atom. The van der Waals surface area contributed by atoms with Crippen LogP contribution in [0.3, 0.4) is 0 Å². The minimum absolute atomic E-state index is 0.577. The number of hydrogen-bond acceptors (Lipinski definition) is 2. The summed E-state index contributed by atoms with van der Waals surface area (Å²) in [6.07, 6.45) is 1.48. The van der Waals surface area contributed by atoms with Gasteiger partial charge in [0.05, 0.1) is 0 Å². The zero-order chi connectivity index (χ0) is 8.15. The Bertz CT molecular complexity index is 114. The molecule has 0 amide bonds. The van der Waals surface area contributed by atoms with Crippen LogP contribution in [0.25, 0.3) is 0 Å². The molecule has 0 radical (unpaired) electrons. The molecule has 0 rings (SSSR count). The summed E-state index contributed by atoms with van der Waals surface area (Å²) >= 11 is 0. The van der Waals surface area contributed by atoms with Gasteiger partial charge in [0, 0.05) is 0 Å². The zero-order valence-corrected chi connectivity index (χ0v) is 6.83. The molecule has 0 aliphatic carbocycles. The molecule has 2 N–H and O–H groups in total. The van der Waals surface area contributed by atoms with Crippen molar-refractivity contribution < 1.29 is 10.2 Å². The molecule has 0 aliphatic heterocycles. The molecule has 0 fully saturated rings. The minimum atomic E-state index is -1.28. The fourth-order valence-electron chi connectivity index (χ4n) is 0.527. The van der Waals surface area contributed by atoms with E-state index in [0.717, 1.165) is 6.42 Å². The summed E-state index contributed by atoms with van der Waals surface area (Å²) < 4.78 is 0. The molecule has 0 aromatic carbocycles. The molecule has 0 unspecified atom stereocenters. The Kier molecular flexibility index (Phi) is 4.32. The second-order valence-electron chi connectivity index (χ2n) is 2.95. The van der Waals surface area contributed by atoms with E-state index in [-0.39, 0.29) is 0 Å². The number of hydrogen-bond donors (Lipinski definition) is 2. The molecule has 60 valence electrons. The van der Waals surface area contributed by atoms with Crippen molar-refractivity contribution in [2.75, 3.05) is 0 Å². The molecule has 2 heteroatoms. The van der Waals surface area contributed by atoms with Crippen LogP contribution in [0, 0.1) is 5.92 Å². The normalized spacial score (nSPS) is 13.3. The van der Waals surface area contributed by atoms with E-state index in [2.05, 4.69) is 13.8 Å². The summed E-state index contributed by atoms with van der Waals surface area (Å²) in [5.74, 6) is 0.577. The van der Waals surface area contributed by atoms with E-state index in [1.807, 2.05) is 6.08 Å². The number of aliphatic hydroxyl groups is 2. The van der Waals surface area contributed by atoms with Gasteiger partial charge in [-0.25, -0.2) is 0 Å². The van der Waals surface area contributed by atoms with E-state index in [4.69, 9.17) is 10.2 Å². The fraction of sp³-hybridized carbons (Fsp3) is 0.750. The van der Waals surface area contributed by atoms with Crippen molar-refractivity contribution in [1.82, 2.24) is 0 Å². The van der Waals surface area contributed by atoms with Gasteiger partial charge in [-0.05, 0) is 24.8 Å². The molecule has 2 nitrogen and oxygen atoms in total. The van der Waals surface area contributed by atoms with E-state index in [1.54, 1.807) is 6.92 Å². The van der Waals surface area contributed by atoms with E-state index in [0.29, 0.717) is 11.5 Å². The standard InChI is InChI=1S/C8H16O2/c1-6(2)4-5-7(3)8(9)10/h5-6,8-10H,4H2,1-3H3/b7-5+. The molecule has 10 heavy (non-hydrogen) atoms. The van der Waals surface area contributed by atoms with E-state index < -0.39 is 6.29 Å². The van der Waals surface area contributed by atoms with Crippen LogP contribution in [0.1, 0.15) is 27.2 Å². The van der Waals surface area contributed by atoms with E-state index >= 15 is 0 Å². The minimum Gasteiger partial charge on any atom is -0.365 e. The topological polar surface area (TPSA) is 40.5 Å². The van der Waals surface area contributed by atoms with Crippen LogP contribution >= 0.6 is 0 Å². The van der Waals surface area contributed by atoms with Gasteiger partial charge in [0.25, 0.3) is 0 Å². The molecule has 0 heterocycles. The lowest BCUT2D eigenvalue weighted by atomic mass is 10.1. The number of aliphatic hydroxyl groups excluding tert-OH is 1. The first-order chi connectivity index (χ1) is 4.54. The van der Waals surface area contributed by atoms with Gasteiger partial charge in [0.15, 0.2) is 6.29 Å². The molecule has 0 aromatic rings. The fourth-order valence-corrected chi connectivity index (χ4v) is 0.527. The highest BCUT2D eigenvalue weighted by Gasteiger charge is 1.98. The van der Waals surface area contributed by atoms with Crippen LogP contribution in [-0.4, -0.2) is 16.5 Å². The highest BCUT2D eigenvalue weighted by atomic mass is 16.5. The maximum atomic E-state index is 8.62. The Labute approximate surface area is 62.2 Å². The van der Waals surface area contributed by atoms with E-state index in [1.165, 1.54) is 0 Å². The number of allylic oxidation sites excluding steroid dienone is 1. The summed E-state index contributed by atoms with van der Waals surface area (Å²) in [5, 5.41) is 17.2. The molecule has 0 bridgehead atoms. The van der Waals surface area contributed by atoms with Crippen molar-refractivity contribution in [3.63, 3.8) is 0 Å². The molecule has 0 atom stereocenters. The number of rotatable bonds is 3. The van der Waals surface area contributed by atoms with Crippen molar-refractivity contribution >= 4 is 0 Å². The molecule has 0 saturated carbocycles. The second-order valence-corrected chi connectivity index (χ2v) is 2.95. The second kappa shape index (κ2) is 4.47. The van der Waals surface area contributed by atoms with Crippen LogP contribution in [-0.2, 0) is 0 Å². The lowest BCUT2D eigenvalue weighted by Crippen LogP contribution is -2.05. The lowest BCUT2D eigenvalue weighted by molar-refractivity contribution is -0.00792. The Morgan fingerprint density at radius 3 is 2.20 bits per heavy atom. The van der Waals surface area contributed by atoms with Gasteiger partial charge in [-0.2, -0.15) is 0 Å². The van der Waals surface area contributed by atoms with Crippen LogP contribution in [0.2, 0.25) is 0 Å². The molecule has 0 aliphatic rings.